The second kappa shape index (κ2) is 4.62. The Morgan fingerprint density at radius 2 is 1.85 bits per heavy atom. The van der Waals surface area contributed by atoms with Crippen molar-refractivity contribution in [3.63, 3.8) is 0 Å². The molecule has 2 aromatic carbocycles. The van der Waals surface area contributed by atoms with Gasteiger partial charge in [0.05, 0.1) is 10.5 Å². The molecule has 0 N–H and O–H groups in total. The average molecular weight is 267 g/mol. The van der Waals surface area contributed by atoms with Gasteiger partial charge in [-0.2, -0.15) is 0 Å². The molecular formula is C15H9NO4. The van der Waals surface area contributed by atoms with Gasteiger partial charge in [0, 0.05) is 12.1 Å². The van der Waals surface area contributed by atoms with Crippen LogP contribution in [-0.4, -0.2) is 10.7 Å². The molecule has 3 rings (SSSR count). The second-order valence-corrected chi connectivity index (χ2v) is 4.29. The van der Waals surface area contributed by atoms with E-state index >= 15 is 0 Å². The Balaban J connectivity index is 1.99. The number of carbonyl (C=O) groups is 1. The van der Waals surface area contributed by atoms with E-state index in [0.29, 0.717) is 5.75 Å². The first kappa shape index (κ1) is 12.1. The van der Waals surface area contributed by atoms with E-state index < -0.39 is 4.92 Å². The number of benzene rings is 2. The van der Waals surface area contributed by atoms with Gasteiger partial charge < -0.3 is 4.74 Å². The van der Waals surface area contributed by atoms with Gasteiger partial charge >= 0.3 is 0 Å². The first-order chi connectivity index (χ1) is 9.65. The zero-order valence-corrected chi connectivity index (χ0v) is 10.3. The topological polar surface area (TPSA) is 69.4 Å². The number of ketones is 1. The van der Waals surface area contributed by atoms with Crippen molar-refractivity contribution in [3.8, 4) is 5.75 Å². The maximum Gasteiger partial charge on any atom is 0.270 e. The van der Waals surface area contributed by atoms with Crippen molar-refractivity contribution >= 4 is 17.5 Å². The number of nitro groups is 1. The fraction of sp³-hybridized carbons (Fsp3) is 0. The minimum absolute atomic E-state index is 0.123. The molecular weight excluding hydrogens is 258 g/mol. The monoisotopic (exact) mass is 267 g/mol. The summed E-state index contributed by atoms with van der Waals surface area (Å²) >= 11 is 0. The second-order valence-electron chi connectivity index (χ2n) is 4.29. The molecule has 20 heavy (non-hydrogen) atoms. The number of hydrogen-bond acceptors (Lipinski definition) is 4. The van der Waals surface area contributed by atoms with Crippen molar-refractivity contribution in [2.24, 2.45) is 0 Å². The van der Waals surface area contributed by atoms with Crippen LogP contribution in [-0.2, 0) is 0 Å². The molecule has 0 saturated carbocycles. The van der Waals surface area contributed by atoms with E-state index in [0.717, 1.165) is 5.56 Å². The van der Waals surface area contributed by atoms with E-state index in [2.05, 4.69) is 0 Å². The van der Waals surface area contributed by atoms with Crippen molar-refractivity contribution in [3.05, 3.63) is 75.5 Å². The molecule has 5 heteroatoms. The molecule has 0 radical (unpaired) electrons. The summed E-state index contributed by atoms with van der Waals surface area (Å²) in [5.74, 6) is 0.182. The third-order valence-corrected chi connectivity index (χ3v) is 2.96. The third-order valence-electron chi connectivity index (χ3n) is 2.96. The van der Waals surface area contributed by atoms with E-state index in [4.69, 9.17) is 4.74 Å². The number of nitrogens with zero attached hydrogens (tertiary/aromatic N) is 1. The average Bonchev–Trinajstić information content (AvgIpc) is 2.76. The van der Waals surface area contributed by atoms with Crippen LogP contribution in [0.5, 0.6) is 5.75 Å². The lowest BCUT2D eigenvalue weighted by Gasteiger charge is -1.97. The molecule has 0 atom stereocenters. The highest BCUT2D eigenvalue weighted by Gasteiger charge is 2.29. The highest BCUT2D eigenvalue weighted by Crippen LogP contribution is 2.34. The van der Waals surface area contributed by atoms with E-state index in [1.807, 2.05) is 30.3 Å². The summed E-state index contributed by atoms with van der Waals surface area (Å²) in [5, 5.41) is 10.7. The van der Waals surface area contributed by atoms with Crippen LogP contribution in [0.2, 0.25) is 0 Å². The summed E-state index contributed by atoms with van der Waals surface area (Å²) in [7, 11) is 0. The van der Waals surface area contributed by atoms with Crippen LogP contribution in [0.25, 0.3) is 6.08 Å². The van der Waals surface area contributed by atoms with Gasteiger partial charge in [-0.15, -0.1) is 0 Å². The Hall–Kier alpha value is -2.95. The molecule has 0 amide bonds. The predicted octanol–water partition coefficient (Wildman–Crippen LogP) is 3.21. The van der Waals surface area contributed by atoms with E-state index in [1.54, 1.807) is 6.08 Å². The highest BCUT2D eigenvalue weighted by atomic mass is 16.6. The molecule has 0 fully saturated rings. The van der Waals surface area contributed by atoms with Crippen molar-refractivity contribution in [2.75, 3.05) is 0 Å². The normalized spacial score (nSPS) is 15.0. The van der Waals surface area contributed by atoms with E-state index in [9.17, 15) is 14.9 Å². The smallest absolute Gasteiger partial charge is 0.270 e. The van der Waals surface area contributed by atoms with Crippen LogP contribution in [0.1, 0.15) is 15.9 Å². The fourth-order valence-electron chi connectivity index (χ4n) is 1.99. The molecule has 0 bridgehead atoms. The van der Waals surface area contributed by atoms with Crippen LogP contribution in [0.15, 0.2) is 54.3 Å². The lowest BCUT2D eigenvalue weighted by atomic mass is 10.1. The molecule has 98 valence electrons. The zero-order chi connectivity index (χ0) is 14.1. The molecule has 5 nitrogen and oxygen atoms in total. The number of Topliss-reactive ketones (excluding diaryl/α,β-unsaturated/α-hetero) is 1. The van der Waals surface area contributed by atoms with Gasteiger partial charge in [0.2, 0.25) is 5.78 Å². The maximum atomic E-state index is 12.2. The quantitative estimate of drug-likeness (QED) is 0.476. The van der Waals surface area contributed by atoms with Crippen LogP contribution in [0.4, 0.5) is 5.69 Å². The number of nitro benzene ring substituents is 1. The number of fused-ring (bicyclic) bond motifs is 1. The van der Waals surface area contributed by atoms with Gasteiger partial charge in [-0.25, -0.2) is 0 Å². The van der Waals surface area contributed by atoms with Crippen molar-refractivity contribution < 1.29 is 14.5 Å². The standard InChI is InChI=1S/C15H9NO4/c17-15-12-9-11(16(18)19)6-7-13(12)20-14(15)8-10-4-2-1-3-5-10/h1-9H/b14-8-. The van der Waals surface area contributed by atoms with Gasteiger partial charge in [0.1, 0.15) is 5.75 Å². The highest BCUT2D eigenvalue weighted by molar-refractivity contribution is 6.14. The van der Waals surface area contributed by atoms with Crippen LogP contribution in [0.3, 0.4) is 0 Å². The van der Waals surface area contributed by atoms with Crippen LogP contribution >= 0.6 is 0 Å². The lowest BCUT2D eigenvalue weighted by molar-refractivity contribution is -0.384. The molecule has 0 saturated heterocycles. The molecule has 0 aromatic heterocycles. The number of ether oxygens (including phenoxy) is 1. The van der Waals surface area contributed by atoms with Gasteiger partial charge in [0.25, 0.3) is 5.69 Å². The van der Waals surface area contributed by atoms with Gasteiger partial charge in [-0.05, 0) is 17.7 Å². The summed E-state index contributed by atoms with van der Waals surface area (Å²) in [5.41, 5.74) is 0.932. The Morgan fingerprint density at radius 3 is 2.55 bits per heavy atom. The van der Waals surface area contributed by atoms with Crippen LogP contribution < -0.4 is 4.74 Å². The van der Waals surface area contributed by atoms with E-state index in [-0.39, 0.29) is 22.8 Å². The maximum absolute atomic E-state index is 12.2. The zero-order valence-electron chi connectivity index (χ0n) is 10.3. The summed E-state index contributed by atoms with van der Waals surface area (Å²) in [6.45, 7) is 0. The molecule has 0 unspecified atom stereocenters. The van der Waals surface area contributed by atoms with Gasteiger partial charge in [-0.1, -0.05) is 30.3 Å². The Bertz CT molecular complexity index is 735. The Kier molecular flexibility index (Phi) is 2.80. The molecule has 1 aliphatic rings. The summed E-state index contributed by atoms with van der Waals surface area (Å²) in [4.78, 5) is 22.3. The lowest BCUT2D eigenvalue weighted by Crippen LogP contribution is -1.98. The number of carbonyl (C=O) groups excluding carboxylic acids is 1. The molecule has 2 aromatic rings. The van der Waals surface area contributed by atoms with E-state index in [1.165, 1.54) is 18.2 Å². The number of non-ortho nitro benzene ring substituents is 1. The van der Waals surface area contributed by atoms with Gasteiger partial charge in [0.15, 0.2) is 5.76 Å². The molecule has 1 heterocycles. The molecule has 0 aliphatic carbocycles. The summed E-state index contributed by atoms with van der Waals surface area (Å²) < 4.78 is 5.45. The predicted molar refractivity (Wildman–Crippen MR) is 72.5 cm³/mol. The molecule has 0 spiro atoms. The minimum atomic E-state index is -0.535. The third kappa shape index (κ3) is 2.05. The Morgan fingerprint density at radius 1 is 1.10 bits per heavy atom. The minimum Gasteiger partial charge on any atom is -0.452 e. The van der Waals surface area contributed by atoms with Gasteiger partial charge in [-0.3, -0.25) is 14.9 Å². The van der Waals surface area contributed by atoms with Crippen molar-refractivity contribution in [1.82, 2.24) is 0 Å². The first-order valence-electron chi connectivity index (χ1n) is 5.93. The summed E-state index contributed by atoms with van der Waals surface area (Å²) in [6.07, 6.45) is 1.62. The largest absolute Gasteiger partial charge is 0.452 e. The number of rotatable bonds is 2. The Labute approximate surface area is 114 Å². The van der Waals surface area contributed by atoms with Crippen molar-refractivity contribution in [1.29, 1.82) is 0 Å². The fourth-order valence-corrected chi connectivity index (χ4v) is 1.99. The van der Waals surface area contributed by atoms with Crippen molar-refractivity contribution in [2.45, 2.75) is 0 Å². The summed E-state index contributed by atoms with van der Waals surface area (Å²) in [6, 6.07) is 13.3. The molecule has 1 aliphatic heterocycles. The first-order valence-corrected chi connectivity index (χ1v) is 5.93. The SMILES string of the molecule is O=C1/C(=C/c2ccccc2)Oc2ccc([N+](=O)[O-])cc21. The number of allylic oxidation sites excluding steroid dienone is 1. The van der Waals surface area contributed by atoms with Crippen LogP contribution in [0, 0.1) is 10.1 Å². The number of hydrogen-bond donors (Lipinski definition) is 0.